The number of rotatable bonds is 3. The first-order valence-corrected chi connectivity index (χ1v) is 7.01. The number of nitrogens with one attached hydrogen (secondary N) is 1. The number of aryl methyl sites for hydroxylation is 1. The molecule has 94 valence electrons. The van der Waals surface area contributed by atoms with Crippen LogP contribution in [0.5, 0.6) is 0 Å². The Labute approximate surface area is 121 Å². The Kier molecular flexibility index (Phi) is 4.31. The molecule has 0 amide bonds. The van der Waals surface area contributed by atoms with E-state index in [1.807, 2.05) is 24.3 Å². The van der Waals surface area contributed by atoms with Gasteiger partial charge in [0.25, 0.3) is 0 Å². The van der Waals surface area contributed by atoms with Crippen molar-refractivity contribution in [2.75, 3.05) is 5.32 Å². The van der Waals surface area contributed by atoms with Crippen LogP contribution in [0.2, 0.25) is 5.02 Å². The van der Waals surface area contributed by atoms with Crippen molar-refractivity contribution < 1.29 is 0 Å². The zero-order valence-corrected chi connectivity index (χ0v) is 12.7. The summed E-state index contributed by atoms with van der Waals surface area (Å²) in [5, 5.41) is 4.27. The number of hydrogen-bond acceptors (Lipinski definition) is 1. The lowest BCUT2D eigenvalue weighted by atomic mass is 10.1. The number of hydrogen-bond donors (Lipinski definition) is 1. The monoisotopic (exact) mass is 323 g/mol. The topological polar surface area (TPSA) is 12.0 Å². The first-order valence-electron chi connectivity index (χ1n) is 5.84. The van der Waals surface area contributed by atoms with Crippen LogP contribution < -0.4 is 5.32 Å². The molecule has 0 aliphatic rings. The fourth-order valence-corrected chi connectivity index (χ4v) is 2.56. The lowest BCUT2D eigenvalue weighted by Gasteiger charge is -2.17. The van der Waals surface area contributed by atoms with Crippen molar-refractivity contribution in [3.63, 3.8) is 0 Å². The molecule has 1 N–H and O–H groups in total. The molecule has 1 unspecified atom stereocenters. The fourth-order valence-electron chi connectivity index (χ4n) is 1.88. The summed E-state index contributed by atoms with van der Waals surface area (Å²) in [5.41, 5.74) is 3.55. The van der Waals surface area contributed by atoms with E-state index >= 15 is 0 Å². The van der Waals surface area contributed by atoms with Gasteiger partial charge in [-0.1, -0.05) is 39.7 Å². The Morgan fingerprint density at radius 1 is 1.17 bits per heavy atom. The Bertz CT molecular complexity index is 554. The van der Waals surface area contributed by atoms with E-state index in [1.54, 1.807) is 0 Å². The zero-order chi connectivity index (χ0) is 13.1. The van der Waals surface area contributed by atoms with Crippen LogP contribution in [0, 0.1) is 6.92 Å². The van der Waals surface area contributed by atoms with Crippen molar-refractivity contribution in [2.24, 2.45) is 0 Å². The third-order valence-electron chi connectivity index (χ3n) is 2.91. The minimum atomic E-state index is 0.226. The molecule has 0 radical (unpaired) electrons. The third-order valence-corrected chi connectivity index (χ3v) is 3.64. The van der Waals surface area contributed by atoms with Crippen LogP contribution in [0.15, 0.2) is 46.9 Å². The van der Waals surface area contributed by atoms with E-state index in [2.05, 4.69) is 53.3 Å². The van der Waals surface area contributed by atoms with Crippen molar-refractivity contribution in [1.82, 2.24) is 0 Å². The first kappa shape index (κ1) is 13.4. The molecule has 0 saturated carbocycles. The number of halogens is 2. The molecule has 0 aromatic heterocycles. The van der Waals surface area contributed by atoms with Gasteiger partial charge in [0.2, 0.25) is 0 Å². The second-order valence-corrected chi connectivity index (χ2v) is 5.73. The average Bonchev–Trinajstić information content (AvgIpc) is 2.32. The molecule has 0 saturated heterocycles. The molecule has 2 aromatic rings. The van der Waals surface area contributed by atoms with E-state index in [4.69, 9.17) is 11.6 Å². The molecule has 18 heavy (non-hydrogen) atoms. The van der Waals surface area contributed by atoms with Gasteiger partial charge >= 0.3 is 0 Å². The second-order valence-electron chi connectivity index (χ2n) is 4.38. The summed E-state index contributed by atoms with van der Waals surface area (Å²) in [6.45, 7) is 4.23. The van der Waals surface area contributed by atoms with E-state index in [-0.39, 0.29) is 6.04 Å². The smallest absolute Gasteiger partial charge is 0.0486 e. The summed E-state index contributed by atoms with van der Waals surface area (Å²) in [6.07, 6.45) is 0. The maximum Gasteiger partial charge on any atom is 0.0486 e. The molecule has 0 aliphatic carbocycles. The molecule has 0 heterocycles. The molecule has 0 fully saturated rings. The molecular weight excluding hydrogens is 310 g/mol. The first-order chi connectivity index (χ1) is 8.56. The molecule has 1 nitrogen and oxygen atoms in total. The van der Waals surface area contributed by atoms with Crippen LogP contribution in [0.25, 0.3) is 0 Å². The molecular formula is C15H15BrClN. The summed E-state index contributed by atoms with van der Waals surface area (Å²) >= 11 is 9.48. The third kappa shape index (κ3) is 3.27. The summed E-state index contributed by atoms with van der Waals surface area (Å²) in [6, 6.07) is 14.4. The van der Waals surface area contributed by atoms with Crippen LogP contribution >= 0.6 is 27.5 Å². The van der Waals surface area contributed by atoms with Crippen molar-refractivity contribution in [2.45, 2.75) is 19.9 Å². The largest absolute Gasteiger partial charge is 0.378 e. The Hall–Kier alpha value is -0.990. The van der Waals surface area contributed by atoms with Crippen molar-refractivity contribution in [3.8, 4) is 0 Å². The van der Waals surface area contributed by atoms with Gasteiger partial charge in [-0.15, -0.1) is 0 Å². The molecule has 0 bridgehead atoms. The predicted octanol–water partition coefficient (Wildman–Crippen LogP) is 5.58. The molecule has 0 aliphatic heterocycles. The number of anilines is 1. The minimum absolute atomic E-state index is 0.226. The lowest BCUT2D eigenvalue weighted by Crippen LogP contribution is -2.07. The summed E-state index contributed by atoms with van der Waals surface area (Å²) in [7, 11) is 0. The van der Waals surface area contributed by atoms with Gasteiger partial charge in [-0.3, -0.25) is 0 Å². The van der Waals surface area contributed by atoms with Crippen LogP contribution in [-0.2, 0) is 0 Å². The highest BCUT2D eigenvalue weighted by Gasteiger charge is 2.07. The van der Waals surface area contributed by atoms with Gasteiger partial charge < -0.3 is 5.32 Å². The van der Waals surface area contributed by atoms with Crippen molar-refractivity contribution in [3.05, 3.63) is 63.1 Å². The predicted molar refractivity (Wildman–Crippen MR) is 82.4 cm³/mol. The van der Waals surface area contributed by atoms with Gasteiger partial charge in [0.1, 0.15) is 0 Å². The molecule has 1 atom stereocenters. The van der Waals surface area contributed by atoms with E-state index in [0.29, 0.717) is 0 Å². The van der Waals surface area contributed by atoms with E-state index in [0.717, 1.165) is 15.2 Å². The van der Waals surface area contributed by atoms with Gasteiger partial charge in [0.05, 0.1) is 0 Å². The molecule has 0 spiro atoms. The Balaban J connectivity index is 2.18. The van der Waals surface area contributed by atoms with Gasteiger partial charge in [-0.2, -0.15) is 0 Å². The highest BCUT2D eigenvalue weighted by atomic mass is 79.9. The van der Waals surface area contributed by atoms with E-state index in [1.165, 1.54) is 11.1 Å². The molecule has 2 rings (SSSR count). The minimum Gasteiger partial charge on any atom is -0.378 e. The van der Waals surface area contributed by atoms with Gasteiger partial charge in [0, 0.05) is 21.2 Å². The molecule has 2 aromatic carbocycles. The summed E-state index contributed by atoms with van der Waals surface area (Å²) in [4.78, 5) is 0. The lowest BCUT2D eigenvalue weighted by molar-refractivity contribution is 0.882. The maximum absolute atomic E-state index is 6.01. The normalized spacial score (nSPS) is 12.2. The summed E-state index contributed by atoms with van der Waals surface area (Å²) < 4.78 is 1.10. The SMILES string of the molecule is Cc1cc(Br)ccc1NC(C)c1cccc(Cl)c1. The van der Waals surface area contributed by atoms with Gasteiger partial charge in [-0.05, 0) is 55.3 Å². The van der Waals surface area contributed by atoms with Crippen LogP contribution in [0.3, 0.4) is 0 Å². The van der Waals surface area contributed by atoms with Crippen molar-refractivity contribution in [1.29, 1.82) is 0 Å². The van der Waals surface area contributed by atoms with Gasteiger partial charge in [-0.25, -0.2) is 0 Å². The van der Waals surface area contributed by atoms with Crippen LogP contribution in [-0.4, -0.2) is 0 Å². The standard InChI is InChI=1S/C15H15BrClN/c1-10-8-13(16)6-7-15(10)18-11(2)12-4-3-5-14(17)9-12/h3-9,11,18H,1-2H3. The van der Waals surface area contributed by atoms with Gasteiger partial charge in [0.15, 0.2) is 0 Å². The summed E-state index contributed by atoms with van der Waals surface area (Å²) in [5.74, 6) is 0. The highest BCUT2D eigenvalue weighted by molar-refractivity contribution is 9.10. The van der Waals surface area contributed by atoms with Crippen LogP contribution in [0.1, 0.15) is 24.1 Å². The second kappa shape index (κ2) is 5.77. The highest BCUT2D eigenvalue weighted by Crippen LogP contribution is 2.25. The molecule has 3 heteroatoms. The number of benzene rings is 2. The Morgan fingerprint density at radius 3 is 2.61 bits per heavy atom. The Morgan fingerprint density at radius 2 is 1.94 bits per heavy atom. The average molecular weight is 325 g/mol. The maximum atomic E-state index is 6.01. The quantitative estimate of drug-likeness (QED) is 0.776. The van der Waals surface area contributed by atoms with Crippen LogP contribution in [0.4, 0.5) is 5.69 Å². The van der Waals surface area contributed by atoms with E-state index < -0.39 is 0 Å². The fraction of sp³-hybridized carbons (Fsp3) is 0.200. The van der Waals surface area contributed by atoms with Crippen molar-refractivity contribution >= 4 is 33.2 Å². The van der Waals surface area contributed by atoms with E-state index in [9.17, 15) is 0 Å². The zero-order valence-electron chi connectivity index (χ0n) is 10.4.